The summed E-state index contributed by atoms with van der Waals surface area (Å²) < 4.78 is 1.48. The predicted molar refractivity (Wildman–Crippen MR) is 64.5 cm³/mol. The van der Waals surface area contributed by atoms with Gasteiger partial charge in [-0.05, 0) is 24.6 Å². The number of carbonyl (C=O) groups is 1. The molecule has 1 aromatic carbocycles. The highest BCUT2D eigenvalue weighted by molar-refractivity contribution is 6.03. The Morgan fingerprint density at radius 3 is 2.82 bits per heavy atom. The summed E-state index contributed by atoms with van der Waals surface area (Å²) in [6.07, 6.45) is 1.37. The lowest BCUT2D eigenvalue weighted by molar-refractivity contribution is 0.102. The number of carbonyl (C=O) groups excluding carboxylic acids is 1. The van der Waals surface area contributed by atoms with Crippen LogP contribution in [0.3, 0.4) is 0 Å². The maximum atomic E-state index is 11.9. The number of rotatable bonds is 2. The van der Waals surface area contributed by atoms with Gasteiger partial charge >= 0.3 is 0 Å². The van der Waals surface area contributed by atoms with Crippen molar-refractivity contribution in [3.63, 3.8) is 0 Å². The molecule has 0 aliphatic heterocycles. The number of nitrogen functional groups attached to an aromatic ring is 1. The number of aryl methyl sites for hydroxylation is 2. The summed E-state index contributed by atoms with van der Waals surface area (Å²) in [5.41, 5.74) is 7.78. The van der Waals surface area contributed by atoms with Gasteiger partial charge in [0.2, 0.25) is 5.95 Å². The van der Waals surface area contributed by atoms with Crippen LogP contribution in [0, 0.1) is 6.92 Å². The molecule has 6 nitrogen and oxygen atoms in total. The van der Waals surface area contributed by atoms with Crippen LogP contribution >= 0.6 is 0 Å². The minimum atomic E-state index is -0.257. The van der Waals surface area contributed by atoms with Crippen molar-refractivity contribution in [3.8, 4) is 0 Å². The van der Waals surface area contributed by atoms with Gasteiger partial charge in [0.25, 0.3) is 5.91 Å². The van der Waals surface area contributed by atoms with Crippen LogP contribution in [0.4, 0.5) is 11.6 Å². The number of hydrogen-bond donors (Lipinski definition) is 2. The minimum absolute atomic E-state index is 0.257. The zero-order chi connectivity index (χ0) is 12.4. The van der Waals surface area contributed by atoms with Gasteiger partial charge < -0.3 is 5.73 Å². The maximum absolute atomic E-state index is 11.9. The lowest BCUT2D eigenvalue weighted by Crippen LogP contribution is -2.15. The first kappa shape index (κ1) is 11.1. The number of aromatic nitrogens is 3. The van der Waals surface area contributed by atoms with Crippen LogP contribution in [0.5, 0.6) is 0 Å². The molecular formula is C11H13N5O. The van der Waals surface area contributed by atoms with Crippen molar-refractivity contribution in [3.05, 3.63) is 35.7 Å². The van der Waals surface area contributed by atoms with E-state index < -0.39 is 0 Å². The largest absolute Gasteiger partial charge is 0.398 e. The standard InChI is InChI=1S/C11H13N5O/c1-7-3-4-8(5-9(7)12)10(17)15-11-13-6-14-16(11)2/h3-6H,12H2,1-2H3,(H,13,14,15,17). The van der Waals surface area contributed by atoms with Crippen molar-refractivity contribution >= 4 is 17.5 Å². The van der Waals surface area contributed by atoms with Crippen molar-refractivity contribution in [1.29, 1.82) is 0 Å². The zero-order valence-corrected chi connectivity index (χ0v) is 9.64. The van der Waals surface area contributed by atoms with Crippen molar-refractivity contribution in [2.45, 2.75) is 6.92 Å². The summed E-state index contributed by atoms with van der Waals surface area (Å²) in [4.78, 5) is 15.8. The number of hydrogen-bond acceptors (Lipinski definition) is 4. The normalized spacial score (nSPS) is 10.2. The Hall–Kier alpha value is -2.37. The van der Waals surface area contributed by atoms with E-state index >= 15 is 0 Å². The second kappa shape index (κ2) is 4.25. The van der Waals surface area contributed by atoms with E-state index in [0.717, 1.165) is 5.56 Å². The molecule has 0 aliphatic carbocycles. The molecule has 0 saturated heterocycles. The van der Waals surface area contributed by atoms with E-state index in [1.165, 1.54) is 11.0 Å². The van der Waals surface area contributed by atoms with Gasteiger partial charge in [-0.25, -0.2) is 4.68 Å². The second-order valence-corrected chi connectivity index (χ2v) is 3.73. The third kappa shape index (κ3) is 2.25. The van der Waals surface area contributed by atoms with E-state index in [1.807, 2.05) is 6.92 Å². The molecule has 0 atom stereocenters. The fraction of sp³-hybridized carbons (Fsp3) is 0.182. The van der Waals surface area contributed by atoms with E-state index in [-0.39, 0.29) is 5.91 Å². The first-order valence-electron chi connectivity index (χ1n) is 5.09. The fourth-order valence-electron chi connectivity index (χ4n) is 1.36. The first-order valence-corrected chi connectivity index (χ1v) is 5.09. The highest BCUT2D eigenvalue weighted by Crippen LogP contribution is 2.13. The number of anilines is 2. The molecule has 1 amide bonds. The summed E-state index contributed by atoms with van der Waals surface area (Å²) in [6, 6.07) is 5.17. The summed E-state index contributed by atoms with van der Waals surface area (Å²) in [6.45, 7) is 1.89. The molecule has 2 rings (SSSR count). The molecule has 1 aromatic heterocycles. The van der Waals surface area contributed by atoms with Crippen LogP contribution in [0.1, 0.15) is 15.9 Å². The Morgan fingerprint density at radius 1 is 1.47 bits per heavy atom. The highest BCUT2D eigenvalue weighted by Gasteiger charge is 2.09. The van der Waals surface area contributed by atoms with Crippen LogP contribution in [-0.2, 0) is 7.05 Å². The number of nitrogens with one attached hydrogen (secondary N) is 1. The monoisotopic (exact) mass is 231 g/mol. The first-order chi connectivity index (χ1) is 8.08. The van der Waals surface area contributed by atoms with Gasteiger partial charge in [-0.2, -0.15) is 10.1 Å². The number of nitrogens with zero attached hydrogens (tertiary/aromatic N) is 3. The zero-order valence-electron chi connectivity index (χ0n) is 9.64. The van der Waals surface area contributed by atoms with Gasteiger partial charge in [0, 0.05) is 18.3 Å². The third-order valence-corrected chi connectivity index (χ3v) is 2.48. The highest BCUT2D eigenvalue weighted by atomic mass is 16.1. The van der Waals surface area contributed by atoms with E-state index in [1.54, 1.807) is 25.2 Å². The summed E-state index contributed by atoms with van der Waals surface area (Å²) in [5, 5.41) is 6.51. The van der Waals surface area contributed by atoms with Crippen molar-refractivity contribution in [2.24, 2.45) is 7.05 Å². The number of nitrogens with two attached hydrogens (primary N) is 1. The molecular weight excluding hydrogens is 218 g/mol. The topological polar surface area (TPSA) is 85.8 Å². The maximum Gasteiger partial charge on any atom is 0.258 e. The molecule has 0 spiro atoms. The third-order valence-electron chi connectivity index (χ3n) is 2.48. The molecule has 1 heterocycles. The predicted octanol–water partition coefficient (Wildman–Crippen LogP) is 0.958. The molecule has 0 saturated carbocycles. The molecule has 2 aromatic rings. The van der Waals surface area contributed by atoms with Gasteiger partial charge in [-0.3, -0.25) is 10.1 Å². The van der Waals surface area contributed by atoms with Crippen molar-refractivity contribution < 1.29 is 4.79 Å². The average Bonchev–Trinajstić information content (AvgIpc) is 2.68. The molecule has 0 aliphatic rings. The van der Waals surface area contributed by atoms with E-state index in [4.69, 9.17) is 5.73 Å². The molecule has 3 N–H and O–H groups in total. The van der Waals surface area contributed by atoms with Crippen molar-refractivity contribution in [2.75, 3.05) is 11.1 Å². The van der Waals surface area contributed by atoms with Crippen LogP contribution in [0.2, 0.25) is 0 Å². The molecule has 17 heavy (non-hydrogen) atoms. The van der Waals surface area contributed by atoms with E-state index in [0.29, 0.717) is 17.2 Å². The Balaban J connectivity index is 2.20. The lowest BCUT2D eigenvalue weighted by Gasteiger charge is -2.06. The Labute approximate surface area is 98.5 Å². The minimum Gasteiger partial charge on any atom is -0.398 e. The Bertz CT molecular complexity index is 561. The summed E-state index contributed by atoms with van der Waals surface area (Å²) in [5.74, 6) is 0.141. The Morgan fingerprint density at radius 2 is 2.24 bits per heavy atom. The number of amides is 1. The molecule has 6 heteroatoms. The van der Waals surface area contributed by atoms with Gasteiger partial charge in [0.15, 0.2) is 0 Å². The van der Waals surface area contributed by atoms with Gasteiger partial charge in [-0.1, -0.05) is 6.07 Å². The van der Waals surface area contributed by atoms with E-state index in [9.17, 15) is 4.79 Å². The molecule has 0 unspecified atom stereocenters. The Kier molecular flexibility index (Phi) is 2.78. The molecule has 0 fully saturated rings. The molecule has 0 bridgehead atoms. The smallest absolute Gasteiger partial charge is 0.258 e. The van der Waals surface area contributed by atoms with E-state index in [2.05, 4.69) is 15.4 Å². The van der Waals surface area contributed by atoms with Crippen molar-refractivity contribution in [1.82, 2.24) is 14.8 Å². The van der Waals surface area contributed by atoms with Gasteiger partial charge in [0.1, 0.15) is 6.33 Å². The second-order valence-electron chi connectivity index (χ2n) is 3.73. The SMILES string of the molecule is Cc1ccc(C(=O)Nc2ncnn2C)cc1N. The average molecular weight is 231 g/mol. The summed E-state index contributed by atoms with van der Waals surface area (Å²) in [7, 11) is 1.70. The van der Waals surface area contributed by atoms with Crippen LogP contribution in [-0.4, -0.2) is 20.7 Å². The number of benzene rings is 1. The fourth-order valence-corrected chi connectivity index (χ4v) is 1.36. The van der Waals surface area contributed by atoms with Crippen LogP contribution in [0.25, 0.3) is 0 Å². The van der Waals surface area contributed by atoms with Crippen LogP contribution < -0.4 is 11.1 Å². The quantitative estimate of drug-likeness (QED) is 0.754. The van der Waals surface area contributed by atoms with Gasteiger partial charge in [-0.15, -0.1) is 0 Å². The van der Waals surface area contributed by atoms with Gasteiger partial charge in [0.05, 0.1) is 0 Å². The van der Waals surface area contributed by atoms with Crippen LogP contribution in [0.15, 0.2) is 24.5 Å². The lowest BCUT2D eigenvalue weighted by atomic mass is 10.1. The molecule has 88 valence electrons. The summed E-state index contributed by atoms with van der Waals surface area (Å²) >= 11 is 0. The molecule has 0 radical (unpaired) electrons.